The molecule has 1 rings (SSSR count). The molecule has 3 nitrogen and oxygen atoms in total. The van der Waals surface area contributed by atoms with Gasteiger partial charge in [0.15, 0.2) is 0 Å². The molecule has 0 spiro atoms. The van der Waals surface area contributed by atoms with E-state index >= 15 is 0 Å². The summed E-state index contributed by atoms with van der Waals surface area (Å²) in [6.07, 6.45) is 5.61. The summed E-state index contributed by atoms with van der Waals surface area (Å²) in [7, 11) is 1.75. The molecule has 0 saturated carbocycles. The van der Waals surface area contributed by atoms with Crippen molar-refractivity contribution in [2.24, 2.45) is 11.3 Å². The van der Waals surface area contributed by atoms with Crippen LogP contribution in [-0.4, -0.2) is 37.6 Å². The van der Waals surface area contributed by atoms with Crippen molar-refractivity contribution in [1.29, 1.82) is 0 Å². The van der Waals surface area contributed by atoms with Gasteiger partial charge in [-0.05, 0) is 31.6 Å². The van der Waals surface area contributed by atoms with Crippen molar-refractivity contribution in [2.75, 3.05) is 26.8 Å². The van der Waals surface area contributed by atoms with Gasteiger partial charge in [-0.2, -0.15) is 0 Å². The third kappa shape index (κ3) is 4.27. The minimum Gasteiger partial charge on any atom is -0.385 e. The summed E-state index contributed by atoms with van der Waals surface area (Å²) >= 11 is 0. The average molecular weight is 255 g/mol. The lowest BCUT2D eigenvalue weighted by atomic mass is 9.88. The Kier molecular flexibility index (Phi) is 6.13. The maximum Gasteiger partial charge on any atom is 0.228 e. The number of hydrogen-bond acceptors (Lipinski definition) is 2. The summed E-state index contributed by atoms with van der Waals surface area (Å²) in [6, 6.07) is 0. The molecule has 0 aromatic carbocycles. The Morgan fingerprint density at radius 1 is 1.39 bits per heavy atom. The van der Waals surface area contributed by atoms with E-state index in [9.17, 15) is 4.79 Å². The molecule has 0 N–H and O–H groups in total. The molecule has 0 aliphatic carbocycles. The number of amides is 1. The Hall–Kier alpha value is -0.570. The van der Waals surface area contributed by atoms with Gasteiger partial charge < -0.3 is 9.64 Å². The van der Waals surface area contributed by atoms with Gasteiger partial charge in [-0.3, -0.25) is 4.79 Å². The van der Waals surface area contributed by atoms with Crippen molar-refractivity contribution in [2.45, 2.75) is 52.9 Å². The summed E-state index contributed by atoms with van der Waals surface area (Å²) in [5.41, 5.74) is -0.212. The number of carbonyl (C=O) groups excluding carboxylic acids is 1. The number of rotatable bonds is 5. The second-order valence-electron chi connectivity index (χ2n) is 6.13. The standard InChI is InChI=1S/C15H29NO2/c1-5-15(2,3)14(17)16-10-7-6-8-13(12-16)9-11-18-4/h13H,5-12H2,1-4H3/t13-/m0/s1. The van der Waals surface area contributed by atoms with E-state index in [0.717, 1.165) is 39.0 Å². The Labute approximate surface area is 112 Å². The molecule has 1 amide bonds. The first kappa shape index (κ1) is 15.5. The van der Waals surface area contributed by atoms with Crippen LogP contribution in [0.2, 0.25) is 0 Å². The minimum atomic E-state index is -0.212. The van der Waals surface area contributed by atoms with Gasteiger partial charge in [0.05, 0.1) is 0 Å². The van der Waals surface area contributed by atoms with Crippen LogP contribution >= 0.6 is 0 Å². The topological polar surface area (TPSA) is 29.5 Å². The van der Waals surface area contributed by atoms with Gasteiger partial charge in [0.2, 0.25) is 5.91 Å². The Morgan fingerprint density at radius 3 is 2.72 bits per heavy atom. The second kappa shape index (κ2) is 7.13. The van der Waals surface area contributed by atoms with Gasteiger partial charge in [-0.1, -0.05) is 27.2 Å². The van der Waals surface area contributed by atoms with E-state index in [4.69, 9.17) is 4.74 Å². The quantitative estimate of drug-likeness (QED) is 0.755. The van der Waals surface area contributed by atoms with Gasteiger partial charge in [-0.15, -0.1) is 0 Å². The maximum absolute atomic E-state index is 12.5. The normalized spacial score (nSPS) is 21.8. The monoisotopic (exact) mass is 255 g/mol. The SMILES string of the molecule is CCC(C)(C)C(=O)N1CCCC[C@@H](CCOC)C1. The number of likely N-dealkylation sites (tertiary alicyclic amines) is 1. The highest BCUT2D eigenvalue weighted by molar-refractivity contribution is 5.81. The fourth-order valence-corrected chi connectivity index (χ4v) is 2.51. The zero-order valence-corrected chi connectivity index (χ0v) is 12.5. The predicted molar refractivity (Wildman–Crippen MR) is 74.5 cm³/mol. The van der Waals surface area contributed by atoms with Crippen LogP contribution < -0.4 is 0 Å². The van der Waals surface area contributed by atoms with Gasteiger partial charge in [-0.25, -0.2) is 0 Å². The average Bonchev–Trinajstić information content (AvgIpc) is 2.60. The van der Waals surface area contributed by atoms with Crippen LogP contribution in [0.25, 0.3) is 0 Å². The van der Waals surface area contributed by atoms with Gasteiger partial charge in [0.1, 0.15) is 0 Å². The Morgan fingerprint density at radius 2 is 2.11 bits per heavy atom. The zero-order chi connectivity index (χ0) is 13.6. The lowest BCUT2D eigenvalue weighted by Crippen LogP contribution is -2.42. The first-order valence-electron chi connectivity index (χ1n) is 7.29. The van der Waals surface area contributed by atoms with Crippen molar-refractivity contribution in [3.8, 4) is 0 Å². The molecule has 0 aromatic rings. The van der Waals surface area contributed by atoms with Crippen molar-refractivity contribution >= 4 is 5.91 Å². The van der Waals surface area contributed by atoms with E-state index < -0.39 is 0 Å². The summed E-state index contributed by atoms with van der Waals surface area (Å²) in [5, 5.41) is 0. The van der Waals surface area contributed by atoms with Crippen LogP contribution in [0.5, 0.6) is 0 Å². The lowest BCUT2D eigenvalue weighted by molar-refractivity contribution is -0.141. The number of hydrogen-bond donors (Lipinski definition) is 0. The summed E-state index contributed by atoms with van der Waals surface area (Å²) < 4.78 is 5.17. The largest absolute Gasteiger partial charge is 0.385 e. The van der Waals surface area contributed by atoms with Crippen molar-refractivity contribution in [3.63, 3.8) is 0 Å². The highest BCUT2D eigenvalue weighted by atomic mass is 16.5. The van der Waals surface area contributed by atoms with Crippen LogP contribution in [0.3, 0.4) is 0 Å². The van der Waals surface area contributed by atoms with Gasteiger partial charge in [0, 0.05) is 32.2 Å². The minimum absolute atomic E-state index is 0.212. The van der Waals surface area contributed by atoms with Crippen molar-refractivity contribution < 1.29 is 9.53 Å². The molecule has 0 radical (unpaired) electrons. The summed E-state index contributed by atoms with van der Waals surface area (Å²) in [6.45, 7) is 8.88. The molecule has 1 aliphatic heterocycles. The van der Waals surface area contributed by atoms with E-state index in [-0.39, 0.29) is 5.41 Å². The summed E-state index contributed by atoms with van der Waals surface area (Å²) in [4.78, 5) is 14.6. The number of ether oxygens (including phenoxy) is 1. The number of carbonyl (C=O) groups is 1. The fraction of sp³-hybridized carbons (Fsp3) is 0.933. The third-order valence-electron chi connectivity index (χ3n) is 4.25. The van der Waals surface area contributed by atoms with Gasteiger partial charge in [0.25, 0.3) is 0 Å². The summed E-state index contributed by atoms with van der Waals surface area (Å²) in [5.74, 6) is 0.943. The smallest absolute Gasteiger partial charge is 0.228 e. The molecule has 1 saturated heterocycles. The van der Waals surface area contributed by atoms with Crippen molar-refractivity contribution in [1.82, 2.24) is 4.90 Å². The molecule has 106 valence electrons. The molecule has 1 atom stereocenters. The van der Waals surface area contributed by atoms with E-state index in [1.165, 1.54) is 12.8 Å². The molecule has 18 heavy (non-hydrogen) atoms. The van der Waals surface area contributed by atoms with Crippen LogP contribution in [0.4, 0.5) is 0 Å². The number of methoxy groups -OCH3 is 1. The van der Waals surface area contributed by atoms with E-state index in [2.05, 4.69) is 25.7 Å². The third-order valence-corrected chi connectivity index (χ3v) is 4.25. The van der Waals surface area contributed by atoms with Crippen molar-refractivity contribution in [3.05, 3.63) is 0 Å². The molecular weight excluding hydrogens is 226 g/mol. The molecule has 0 unspecified atom stereocenters. The van der Waals surface area contributed by atoms with Crippen LogP contribution in [0.1, 0.15) is 52.9 Å². The van der Waals surface area contributed by atoms with E-state index in [1.807, 2.05) is 0 Å². The maximum atomic E-state index is 12.5. The van der Waals surface area contributed by atoms with Crippen LogP contribution in [-0.2, 0) is 9.53 Å². The Bertz CT molecular complexity index is 263. The molecule has 1 aliphatic rings. The molecular formula is C15H29NO2. The van der Waals surface area contributed by atoms with Gasteiger partial charge >= 0.3 is 0 Å². The highest BCUT2D eigenvalue weighted by Gasteiger charge is 2.32. The first-order valence-corrected chi connectivity index (χ1v) is 7.29. The lowest BCUT2D eigenvalue weighted by Gasteiger charge is -2.32. The first-order chi connectivity index (χ1) is 8.51. The van der Waals surface area contributed by atoms with Crippen LogP contribution in [0.15, 0.2) is 0 Å². The molecule has 0 aromatic heterocycles. The fourth-order valence-electron chi connectivity index (χ4n) is 2.51. The van der Waals surface area contributed by atoms with E-state index in [1.54, 1.807) is 7.11 Å². The second-order valence-corrected chi connectivity index (χ2v) is 6.13. The van der Waals surface area contributed by atoms with E-state index in [0.29, 0.717) is 11.8 Å². The number of nitrogens with zero attached hydrogens (tertiary/aromatic N) is 1. The predicted octanol–water partition coefficient (Wildman–Crippen LogP) is 3.09. The Balaban J connectivity index is 2.61. The molecule has 0 bridgehead atoms. The zero-order valence-electron chi connectivity index (χ0n) is 12.5. The van der Waals surface area contributed by atoms with Crippen LogP contribution in [0, 0.1) is 11.3 Å². The molecule has 1 fully saturated rings. The molecule has 1 heterocycles. The highest BCUT2D eigenvalue weighted by Crippen LogP contribution is 2.27. The molecule has 3 heteroatoms.